The highest BCUT2D eigenvalue weighted by molar-refractivity contribution is 7.89. The number of carbonyl (C=O) groups excluding carboxylic acids is 1. The van der Waals surface area contributed by atoms with E-state index in [-0.39, 0.29) is 11.9 Å². The van der Waals surface area contributed by atoms with Gasteiger partial charge in [0.05, 0.1) is 10.9 Å². The van der Waals surface area contributed by atoms with Crippen molar-refractivity contribution in [1.82, 2.24) is 14.1 Å². The summed E-state index contributed by atoms with van der Waals surface area (Å²) in [7, 11) is -3.47. The smallest absolute Gasteiger partial charge is 0.243 e. The van der Waals surface area contributed by atoms with E-state index in [0.29, 0.717) is 31.1 Å². The molecule has 28 heavy (non-hydrogen) atoms. The third kappa shape index (κ3) is 3.84. The SMILES string of the molecule is C[C@H](C(=O)N1CCCC1)N1CCN(S(=O)(=O)c2ccc3c(c2)CCCC3)CC1. The van der Waals surface area contributed by atoms with Crippen LogP contribution < -0.4 is 0 Å². The predicted molar refractivity (Wildman–Crippen MR) is 109 cm³/mol. The quantitative estimate of drug-likeness (QED) is 0.767. The van der Waals surface area contributed by atoms with Crippen LogP contribution in [0.2, 0.25) is 0 Å². The molecule has 7 heteroatoms. The molecule has 3 aliphatic rings. The molecule has 2 aliphatic heterocycles. The molecule has 0 N–H and O–H groups in total. The molecule has 1 aliphatic carbocycles. The van der Waals surface area contributed by atoms with E-state index in [1.807, 2.05) is 24.0 Å². The highest BCUT2D eigenvalue weighted by Crippen LogP contribution is 2.26. The number of hydrogen-bond acceptors (Lipinski definition) is 4. The van der Waals surface area contributed by atoms with E-state index in [2.05, 4.69) is 4.90 Å². The van der Waals surface area contributed by atoms with Gasteiger partial charge in [-0.05, 0) is 68.7 Å². The predicted octanol–water partition coefficient (Wildman–Crippen LogP) is 1.88. The number of amides is 1. The van der Waals surface area contributed by atoms with Crippen LogP contribution in [-0.4, -0.2) is 73.7 Å². The van der Waals surface area contributed by atoms with Crippen molar-refractivity contribution in [1.29, 1.82) is 0 Å². The fourth-order valence-electron chi connectivity index (χ4n) is 4.71. The minimum absolute atomic E-state index is 0.174. The molecule has 1 atom stereocenters. The van der Waals surface area contributed by atoms with Crippen LogP contribution in [0, 0.1) is 0 Å². The summed E-state index contributed by atoms with van der Waals surface area (Å²) in [5.41, 5.74) is 2.49. The lowest BCUT2D eigenvalue weighted by molar-refractivity contribution is -0.135. The Hall–Kier alpha value is -1.44. The van der Waals surface area contributed by atoms with Gasteiger partial charge in [0, 0.05) is 39.3 Å². The van der Waals surface area contributed by atoms with Gasteiger partial charge in [-0.3, -0.25) is 9.69 Å². The molecule has 2 fully saturated rings. The van der Waals surface area contributed by atoms with E-state index in [1.165, 1.54) is 17.5 Å². The fraction of sp³-hybridized carbons (Fsp3) is 0.667. The van der Waals surface area contributed by atoms with Crippen molar-refractivity contribution < 1.29 is 13.2 Å². The van der Waals surface area contributed by atoms with Crippen LogP contribution in [0.4, 0.5) is 0 Å². The van der Waals surface area contributed by atoms with Crippen molar-refractivity contribution in [3.63, 3.8) is 0 Å². The lowest BCUT2D eigenvalue weighted by Crippen LogP contribution is -2.55. The molecule has 4 rings (SSSR count). The van der Waals surface area contributed by atoms with Crippen LogP contribution in [0.3, 0.4) is 0 Å². The van der Waals surface area contributed by atoms with Crippen molar-refractivity contribution in [2.45, 2.75) is 56.4 Å². The van der Waals surface area contributed by atoms with E-state index < -0.39 is 10.0 Å². The van der Waals surface area contributed by atoms with Crippen LogP contribution in [0.25, 0.3) is 0 Å². The number of likely N-dealkylation sites (tertiary alicyclic amines) is 1. The molecule has 2 saturated heterocycles. The summed E-state index contributed by atoms with van der Waals surface area (Å²) >= 11 is 0. The average molecular weight is 406 g/mol. The Morgan fingerprint density at radius 2 is 1.54 bits per heavy atom. The van der Waals surface area contributed by atoms with Crippen molar-refractivity contribution in [2.75, 3.05) is 39.3 Å². The topological polar surface area (TPSA) is 60.9 Å². The first-order valence-electron chi connectivity index (χ1n) is 10.6. The molecule has 1 amide bonds. The summed E-state index contributed by atoms with van der Waals surface area (Å²) in [4.78, 5) is 17.1. The first kappa shape index (κ1) is 19.9. The zero-order valence-corrected chi connectivity index (χ0v) is 17.6. The van der Waals surface area contributed by atoms with Gasteiger partial charge in [0.2, 0.25) is 15.9 Å². The number of nitrogens with zero attached hydrogens (tertiary/aromatic N) is 3. The number of piperazine rings is 1. The summed E-state index contributed by atoms with van der Waals surface area (Å²) in [6, 6.07) is 5.47. The molecule has 0 bridgehead atoms. The largest absolute Gasteiger partial charge is 0.341 e. The first-order valence-corrected chi connectivity index (χ1v) is 12.1. The summed E-state index contributed by atoms with van der Waals surface area (Å²) in [6.45, 7) is 5.75. The second-order valence-electron chi connectivity index (χ2n) is 8.29. The Morgan fingerprint density at radius 1 is 0.893 bits per heavy atom. The molecular weight excluding hydrogens is 374 g/mol. The van der Waals surface area contributed by atoms with Gasteiger partial charge in [-0.2, -0.15) is 4.31 Å². The second-order valence-corrected chi connectivity index (χ2v) is 10.2. The molecule has 2 heterocycles. The highest BCUT2D eigenvalue weighted by Gasteiger charge is 2.34. The van der Waals surface area contributed by atoms with Gasteiger partial charge >= 0.3 is 0 Å². The van der Waals surface area contributed by atoms with Crippen molar-refractivity contribution in [2.24, 2.45) is 0 Å². The monoisotopic (exact) mass is 405 g/mol. The Bertz CT molecular complexity index is 825. The summed E-state index contributed by atoms with van der Waals surface area (Å²) < 4.78 is 27.8. The summed E-state index contributed by atoms with van der Waals surface area (Å²) in [5.74, 6) is 0.184. The van der Waals surface area contributed by atoms with Gasteiger partial charge in [-0.1, -0.05) is 6.07 Å². The average Bonchev–Trinajstić information content (AvgIpc) is 3.27. The number of aryl methyl sites for hydroxylation is 2. The van der Waals surface area contributed by atoms with Crippen LogP contribution >= 0.6 is 0 Å². The first-order chi connectivity index (χ1) is 13.5. The summed E-state index contributed by atoms with van der Waals surface area (Å²) in [5, 5.41) is 0. The van der Waals surface area contributed by atoms with Gasteiger partial charge in [0.25, 0.3) is 0 Å². The number of benzene rings is 1. The van der Waals surface area contributed by atoms with Crippen molar-refractivity contribution in [3.8, 4) is 0 Å². The zero-order valence-electron chi connectivity index (χ0n) is 16.8. The van der Waals surface area contributed by atoms with Gasteiger partial charge in [0.1, 0.15) is 0 Å². The fourth-order valence-corrected chi connectivity index (χ4v) is 6.18. The van der Waals surface area contributed by atoms with Crippen LogP contribution in [-0.2, 0) is 27.7 Å². The lowest BCUT2D eigenvalue weighted by atomic mass is 9.92. The molecular formula is C21H31N3O3S. The van der Waals surface area contributed by atoms with Crippen molar-refractivity contribution >= 4 is 15.9 Å². The second kappa shape index (κ2) is 8.13. The normalized spacial score (nSPS) is 22.8. The Balaban J connectivity index is 1.40. The number of sulfonamides is 1. The maximum Gasteiger partial charge on any atom is 0.243 e. The molecule has 0 unspecified atom stereocenters. The van der Waals surface area contributed by atoms with Gasteiger partial charge in [0.15, 0.2) is 0 Å². The minimum Gasteiger partial charge on any atom is -0.341 e. The molecule has 1 aromatic carbocycles. The third-order valence-corrected chi connectivity index (χ3v) is 8.45. The molecule has 1 aromatic rings. The molecule has 0 spiro atoms. The molecule has 0 saturated carbocycles. The maximum atomic E-state index is 13.1. The van der Waals surface area contributed by atoms with E-state index in [0.717, 1.165) is 45.2 Å². The van der Waals surface area contributed by atoms with Crippen LogP contribution in [0.1, 0.15) is 43.7 Å². The summed E-state index contributed by atoms with van der Waals surface area (Å²) in [6.07, 6.45) is 6.53. The van der Waals surface area contributed by atoms with Gasteiger partial charge in [-0.15, -0.1) is 0 Å². The van der Waals surface area contributed by atoms with Gasteiger partial charge in [-0.25, -0.2) is 8.42 Å². The molecule has 0 radical (unpaired) electrons. The third-order valence-electron chi connectivity index (χ3n) is 6.55. The number of rotatable bonds is 4. The van der Waals surface area contributed by atoms with E-state index in [4.69, 9.17) is 0 Å². The zero-order chi connectivity index (χ0) is 19.7. The number of hydrogen-bond donors (Lipinski definition) is 0. The lowest BCUT2D eigenvalue weighted by Gasteiger charge is -2.38. The van der Waals surface area contributed by atoms with Gasteiger partial charge < -0.3 is 4.90 Å². The molecule has 154 valence electrons. The Morgan fingerprint density at radius 3 is 2.21 bits per heavy atom. The Kier molecular flexibility index (Phi) is 5.76. The van der Waals surface area contributed by atoms with Crippen LogP contribution in [0.15, 0.2) is 23.1 Å². The van der Waals surface area contributed by atoms with E-state index >= 15 is 0 Å². The standard InChI is InChI=1S/C21H31N3O3S/c1-17(21(25)23-10-4-5-11-23)22-12-14-24(15-13-22)28(26,27)20-9-8-18-6-2-3-7-19(18)16-20/h8-9,16-17H,2-7,10-15H2,1H3/t17-/m1/s1. The number of carbonyl (C=O) groups is 1. The molecule has 6 nitrogen and oxygen atoms in total. The van der Waals surface area contributed by atoms with Crippen molar-refractivity contribution in [3.05, 3.63) is 29.3 Å². The Labute approximate surface area is 168 Å². The van der Waals surface area contributed by atoms with Crippen LogP contribution in [0.5, 0.6) is 0 Å². The van der Waals surface area contributed by atoms with E-state index in [1.54, 1.807) is 10.4 Å². The minimum atomic E-state index is -3.47. The number of fused-ring (bicyclic) bond motifs is 1. The highest BCUT2D eigenvalue weighted by atomic mass is 32.2. The maximum absolute atomic E-state index is 13.1. The molecule has 0 aromatic heterocycles. The van der Waals surface area contributed by atoms with E-state index in [9.17, 15) is 13.2 Å².